The first-order chi connectivity index (χ1) is 12.0. The standard InChI is InChI=1S/C17H17N3O5/c1-3-20(25-16(22)13-8-10-18-11-9-13)17(23)24-15-6-4-14(5-7-15)19-12(2)21/h4-11H,3H2,1-2H3,(H,19,21). The van der Waals surface area contributed by atoms with Gasteiger partial charge in [-0.05, 0) is 43.3 Å². The van der Waals surface area contributed by atoms with Crippen LogP contribution in [0.15, 0.2) is 48.8 Å². The van der Waals surface area contributed by atoms with Crippen molar-refractivity contribution < 1.29 is 24.0 Å². The molecular formula is C17H17N3O5. The fourth-order valence-corrected chi connectivity index (χ4v) is 1.83. The summed E-state index contributed by atoms with van der Waals surface area (Å²) >= 11 is 0. The second kappa shape index (κ2) is 8.44. The maximum absolute atomic E-state index is 12.1. The quantitative estimate of drug-likeness (QED) is 0.857. The zero-order valence-corrected chi connectivity index (χ0v) is 13.8. The molecule has 0 saturated heterocycles. The summed E-state index contributed by atoms with van der Waals surface area (Å²) in [5.41, 5.74) is 0.838. The Morgan fingerprint density at radius 2 is 1.72 bits per heavy atom. The molecule has 2 rings (SSSR count). The van der Waals surface area contributed by atoms with Crippen molar-refractivity contribution in [1.82, 2.24) is 10.0 Å². The molecule has 2 aromatic rings. The van der Waals surface area contributed by atoms with E-state index in [2.05, 4.69) is 10.3 Å². The van der Waals surface area contributed by atoms with E-state index in [1.807, 2.05) is 0 Å². The number of amides is 2. The van der Waals surface area contributed by atoms with Crippen molar-refractivity contribution >= 4 is 23.7 Å². The van der Waals surface area contributed by atoms with E-state index in [4.69, 9.17) is 9.57 Å². The van der Waals surface area contributed by atoms with E-state index in [-0.39, 0.29) is 23.8 Å². The number of benzene rings is 1. The monoisotopic (exact) mass is 343 g/mol. The van der Waals surface area contributed by atoms with Crippen LogP contribution in [0.3, 0.4) is 0 Å². The number of nitrogens with one attached hydrogen (secondary N) is 1. The van der Waals surface area contributed by atoms with E-state index >= 15 is 0 Å². The number of carbonyl (C=O) groups excluding carboxylic acids is 3. The van der Waals surface area contributed by atoms with Crippen LogP contribution in [-0.2, 0) is 9.63 Å². The predicted octanol–water partition coefficient (Wildman–Crippen LogP) is 2.63. The van der Waals surface area contributed by atoms with Gasteiger partial charge < -0.3 is 14.9 Å². The first-order valence-corrected chi connectivity index (χ1v) is 7.49. The molecule has 1 aromatic carbocycles. The fourth-order valence-electron chi connectivity index (χ4n) is 1.83. The number of pyridine rings is 1. The average Bonchev–Trinajstić information content (AvgIpc) is 2.61. The van der Waals surface area contributed by atoms with Crippen LogP contribution in [0.1, 0.15) is 24.2 Å². The van der Waals surface area contributed by atoms with E-state index in [1.54, 1.807) is 19.1 Å². The van der Waals surface area contributed by atoms with Gasteiger partial charge in [-0.15, -0.1) is 5.06 Å². The Morgan fingerprint density at radius 1 is 1.08 bits per heavy atom. The maximum Gasteiger partial charge on any atom is 0.448 e. The van der Waals surface area contributed by atoms with E-state index in [1.165, 1.54) is 43.6 Å². The lowest BCUT2D eigenvalue weighted by molar-refractivity contribution is -0.114. The number of carbonyl (C=O) groups is 3. The molecule has 0 spiro atoms. The smallest absolute Gasteiger partial charge is 0.408 e. The van der Waals surface area contributed by atoms with Crippen molar-refractivity contribution in [3.8, 4) is 5.75 Å². The lowest BCUT2D eigenvalue weighted by atomic mass is 10.3. The molecule has 0 unspecified atom stereocenters. The number of nitrogens with zero attached hydrogens (tertiary/aromatic N) is 2. The number of aromatic nitrogens is 1. The molecule has 1 heterocycles. The van der Waals surface area contributed by atoms with Gasteiger partial charge in [0.05, 0.1) is 12.1 Å². The van der Waals surface area contributed by atoms with Crippen LogP contribution in [-0.4, -0.2) is 34.6 Å². The molecule has 0 atom stereocenters. The van der Waals surface area contributed by atoms with Gasteiger partial charge in [-0.1, -0.05) is 0 Å². The zero-order chi connectivity index (χ0) is 18.2. The zero-order valence-electron chi connectivity index (χ0n) is 13.8. The molecular weight excluding hydrogens is 326 g/mol. The van der Waals surface area contributed by atoms with Crippen molar-refractivity contribution in [3.63, 3.8) is 0 Å². The minimum absolute atomic E-state index is 0.111. The van der Waals surface area contributed by atoms with Gasteiger partial charge in [-0.3, -0.25) is 9.78 Å². The topological polar surface area (TPSA) is 97.8 Å². The average molecular weight is 343 g/mol. The van der Waals surface area contributed by atoms with Crippen LogP contribution < -0.4 is 10.1 Å². The molecule has 0 aliphatic rings. The summed E-state index contributed by atoms with van der Waals surface area (Å²) in [7, 11) is 0. The molecule has 1 aromatic heterocycles. The number of anilines is 1. The summed E-state index contributed by atoms with van der Waals surface area (Å²) in [6.07, 6.45) is 2.06. The van der Waals surface area contributed by atoms with Gasteiger partial charge in [0.2, 0.25) is 5.91 Å². The highest BCUT2D eigenvalue weighted by Crippen LogP contribution is 2.17. The van der Waals surface area contributed by atoms with Gasteiger partial charge >= 0.3 is 12.1 Å². The summed E-state index contributed by atoms with van der Waals surface area (Å²) in [6.45, 7) is 3.14. The molecule has 25 heavy (non-hydrogen) atoms. The summed E-state index contributed by atoms with van der Waals surface area (Å²) in [5, 5.41) is 3.41. The Morgan fingerprint density at radius 3 is 2.28 bits per heavy atom. The predicted molar refractivity (Wildman–Crippen MR) is 88.8 cm³/mol. The third-order valence-electron chi connectivity index (χ3n) is 2.98. The minimum atomic E-state index is -0.836. The highest BCUT2D eigenvalue weighted by atomic mass is 16.8. The molecule has 0 aliphatic carbocycles. The van der Waals surface area contributed by atoms with Gasteiger partial charge in [-0.2, -0.15) is 0 Å². The minimum Gasteiger partial charge on any atom is -0.408 e. The first kappa shape index (κ1) is 17.9. The van der Waals surface area contributed by atoms with Crippen LogP contribution in [0.4, 0.5) is 10.5 Å². The largest absolute Gasteiger partial charge is 0.448 e. The Balaban J connectivity index is 1.97. The number of hydrogen-bond donors (Lipinski definition) is 1. The van der Waals surface area contributed by atoms with Crippen LogP contribution >= 0.6 is 0 Å². The highest BCUT2D eigenvalue weighted by molar-refractivity contribution is 5.90. The van der Waals surface area contributed by atoms with Gasteiger partial charge in [0, 0.05) is 25.0 Å². The summed E-state index contributed by atoms with van der Waals surface area (Å²) in [6, 6.07) is 9.15. The molecule has 130 valence electrons. The third kappa shape index (κ3) is 5.31. The third-order valence-corrected chi connectivity index (χ3v) is 2.98. The number of hydroxylamine groups is 2. The van der Waals surface area contributed by atoms with Crippen molar-refractivity contribution in [2.24, 2.45) is 0 Å². The van der Waals surface area contributed by atoms with Crippen LogP contribution in [0, 0.1) is 0 Å². The Labute approximate surface area is 144 Å². The lowest BCUT2D eigenvalue weighted by Crippen LogP contribution is -2.35. The van der Waals surface area contributed by atoms with Crippen molar-refractivity contribution in [2.45, 2.75) is 13.8 Å². The van der Waals surface area contributed by atoms with E-state index in [0.29, 0.717) is 5.69 Å². The fraction of sp³-hybridized carbons (Fsp3) is 0.176. The Hall–Kier alpha value is -3.42. The van der Waals surface area contributed by atoms with Gasteiger partial charge in [0.15, 0.2) is 0 Å². The second-order valence-corrected chi connectivity index (χ2v) is 4.88. The van der Waals surface area contributed by atoms with Crippen LogP contribution in [0.2, 0.25) is 0 Å². The number of hydrogen-bond acceptors (Lipinski definition) is 6. The van der Waals surface area contributed by atoms with E-state index < -0.39 is 12.1 Å². The van der Waals surface area contributed by atoms with Crippen LogP contribution in [0.5, 0.6) is 5.75 Å². The van der Waals surface area contributed by atoms with E-state index in [9.17, 15) is 14.4 Å². The highest BCUT2D eigenvalue weighted by Gasteiger charge is 2.20. The molecule has 0 fully saturated rings. The first-order valence-electron chi connectivity index (χ1n) is 7.49. The van der Waals surface area contributed by atoms with Crippen molar-refractivity contribution in [3.05, 3.63) is 54.4 Å². The molecule has 0 bridgehead atoms. The van der Waals surface area contributed by atoms with Gasteiger partial charge in [-0.25, -0.2) is 9.59 Å². The maximum atomic E-state index is 12.1. The molecule has 1 N–H and O–H groups in total. The number of rotatable bonds is 4. The molecule has 0 radical (unpaired) electrons. The normalized spacial score (nSPS) is 9.84. The SMILES string of the molecule is CCN(OC(=O)c1ccncc1)C(=O)Oc1ccc(NC(C)=O)cc1. The Kier molecular flexibility index (Phi) is 6.05. The van der Waals surface area contributed by atoms with Gasteiger partial charge in [0.1, 0.15) is 5.75 Å². The molecule has 0 aliphatic heterocycles. The van der Waals surface area contributed by atoms with Gasteiger partial charge in [0.25, 0.3) is 0 Å². The van der Waals surface area contributed by atoms with Crippen molar-refractivity contribution in [1.29, 1.82) is 0 Å². The Bertz CT molecular complexity index is 747. The summed E-state index contributed by atoms with van der Waals surface area (Å²) in [5.74, 6) is -0.648. The lowest BCUT2D eigenvalue weighted by Gasteiger charge is -2.18. The second-order valence-electron chi connectivity index (χ2n) is 4.88. The van der Waals surface area contributed by atoms with Crippen molar-refractivity contribution in [2.75, 3.05) is 11.9 Å². The molecule has 8 heteroatoms. The molecule has 0 saturated carbocycles. The van der Waals surface area contributed by atoms with E-state index in [0.717, 1.165) is 5.06 Å². The molecule has 8 nitrogen and oxygen atoms in total. The number of ether oxygens (including phenoxy) is 1. The summed E-state index contributed by atoms with van der Waals surface area (Å²) in [4.78, 5) is 43.9. The molecule has 2 amide bonds. The van der Waals surface area contributed by atoms with Crippen LogP contribution in [0.25, 0.3) is 0 Å². The summed E-state index contributed by atoms with van der Waals surface area (Å²) < 4.78 is 5.15.